The summed E-state index contributed by atoms with van der Waals surface area (Å²) in [4.78, 5) is 13.4. The van der Waals surface area contributed by atoms with Gasteiger partial charge in [-0.1, -0.05) is 27.7 Å². The molecule has 0 aromatic heterocycles. The molecule has 4 heteroatoms. The summed E-state index contributed by atoms with van der Waals surface area (Å²) in [7, 11) is 0. The molecule has 0 saturated carbocycles. The molecule has 4 nitrogen and oxygen atoms in total. The zero-order valence-electron chi connectivity index (χ0n) is 12.0. The molecule has 1 fully saturated rings. The molecule has 1 N–H and O–H groups in total. The second kappa shape index (κ2) is 9.42. The molecular weight excluding hydrogens is 216 g/mol. The van der Waals surface area contributed by atoms with Crippen LogP contribution in [0.25, 0.3) is 0 Å². The highest BCUT2D eigenvalue weighted by molar-refractivity contribution is 5.73. The molecule has 17 heavy (non-hydrogen) atoms. The topological polar surface area (TPSA) is 41.6 Å². The fourth-order valence-electron chi connectivity index (χ4n) is 1.75. The Bertz CT molecular complexity index is 202. The lowest BCUT2D eigenvalue weighted by Gasteiger charge is -2.32. The van der Waals surface area contributed by atoms with E-state index in [9.17, 15) is 4.79 Å². The highest BCUT2D eigenvalue weighted by Crippen LogP contribution is 2.06. The Labute approximate surface area is 106 Å². The van der Waals surface area contributed by atoms with E-state index in [4.69, 9.17) is 4.74 Å². The summed E-state index contributed by atoms with van der Waals surface area (Å²) < 4.78 is 5.29. The Morgan fingerprint density at radius 2 is 1.82 bits per heavy atom. The first-order valence-electron chi connectivity index (χ1n) is 6.67. The standard InChI is InChI=1S/C11H22N2O2.C2H6/c1-9(2)11(12-10(3)14)8-13-4-6-15-7-5-13;1-2/h9,11H,4-8H2,1-3H3,(H,12,14);1-2H3. The van der Waals surface area contributed by atoms with Crippen molar-refractivity contribution < 1.29 is 9.53 Å². The summed E-state index contributed by atoms with van der Waals surface area (Å²) in [5.74, 6) is 0.527. The fraction of sp³-hybridized carbons (Fsp3) is 0.923. The van der Waals surface area contributed by atoms with E-state index in [0.717, 1.165) is 32.8 Å². The van der Waals surface area contributed by atoms with Crippen LogP contribution in [0.1, 0.15) is 34.6 Å². The predicted molar refractivity (Wildman–Crippen MR) is 71.0 cm³/mol. The number of ether oxygens (including phenoxy) is 1. The van der Waals surface area contributed by atoms with Gasteiger partial charge in [-0.3, -0.25) is 9.69 Å². The molecule has 1 aliphatic rings. The molecule has 102 valence electrons. The fourth-order valence-corrected chi connectivity index (χ4v) is 1.75. The van der Waals surface area contributed by atoms with E-state index in [1.165, 1.54) is 0 Å². The van der Waals surface area contributed by atoms with Crippen molar-refractivity contribution >= 4 is 5.91 Å². The van der Waals surface area contributed by atoms with Gasteiger partial charge in [0.1, 0.15) is 0 Å². The van der Waals surface area contributed by atoms with Crippen molar-refractivity contribution in [3.8, 4) is 0 Å². The number of morpholine rings is 1. The average Bonchev–Trinajstić information content (AvgIpc) is 2.31. The second-order valence-electron chi connectivity index (χ2n) is 4.46. The minimum absolute atomic E-state index is 0.0574. The van der Waals surface area contributed by atoms with Crippen LogP contribution < -0.4 is 5.32 Å². The van der Waals surface area contributed by atoms with Crippen LogP contribution >= 0.6 is 0 Å². The van der Waals surface area contributed by atoms with E-state index in [-0.39, 0.29) is 11.9 Å². The molecule has 1 amide bonds. The molecule has 1 aliphatic heterocycles. The van der Waals surface area contributed by atoms with Crippen LogP contribution in [0.15, 0.2) is 0 Å². The van der Waals surface area contributed by atoms with E-state index >= 15 is 0 Å². The maximum absolute atomic E-state index is 11.0. The zero-order valence-corrected chi connectivity index (χ0v) is 12.0. The number of carbonyl (C=O) groups is 1. The minimum atomic E-state index is 0.0574. The highest BCUT2D eigenvalue weighted by atomic mass is 16.5. The molecule has 0 bridgehead atoms. The van der Waals surface area contributed by atoms with Crippen molar-refractivity contribution in [1.29, 1.82) is 0 Å². The van der Waals surface area contributed by atoms with Crippen molar-refractivity contribution in [2.24, 2.45) is 5.92 Å². The summed E-state index contributed by atoms with van der Waals surface area (Å²) >= 11 is 0. The highest BCUT2D eigenvalue weighted by Gasteiger charge is 2.19. The number of carbonyl (C=O) groups excluding carboxylic acids is 1. The van der Waals surface area contributed by atoms with Crippen LogP contribution in [0.3, 0.4) is 0 Å². The quantitative estimate of drug-likeness (QED) is 0.815. The van der Waals surface area contributed by atoms with Gasteiger partial charge in [-0.15, -0.1) is 0 Å². The first-order chi connectivity index (χ1) is 8.09. The number of hydrogen-bond donors (Lipinski definition) is 1. The Kier molecular flexibility index (Phi) is 9.09. The molecule has 0 aromatic rings. The van der Waals surface area contributed by atoms with Crippen molar-refractivity contribution in [2.45, 2.75) is 40.7 Å². The third-order valence-electron chi connectivity index (χ3n) is 2.75. The Morgan fingerprint density at radius 3 is 2.24 bits per heavy atom. The van der Waals surface area contributed by atoms with Gasteiger partial charge < -0.3 is 10.1 Å². The summed E-state index contributed by atoms with van der Waals surface area (Å²) in [6, 6.07) is 0.251. The number of nitrogens with one attached hydrogen (secondary N) is 1. The van der Waals surface area contributed by atoms with Crippen LogP contribution in [0, 0.1) is 5.92 Å². The van der Waals surface area contributed by atoms with Gasteiger partial charge in [0.2, 0.25) is 5.91 Å². The van der Waals surface area contributed by atoms with Crippen LogP contribution in [0.5, 0.6) is 0 Å². The Balaban J connectivity index is 0.00000121. The third-order valence-corrected chi connectivity index (χ3v) is 2.75. The van der Waals surface area contributed by atoms with Crippen molar-refractivity contribution in [3.63, 3.8) is 0 Å². The number of nitrogens with zero attached hydrogens (tertiary/aromatic N) is 1. The number of hydrogen-bond acceptors (Lipinski definition) is 3. The largest absolute Gasteiger partial charge is 0.379 e. The first kappa shape index (κ1) is 16.4. The molecule has 1 saturated heterocycles. The smallest absolute Gasteiger partial charge is 0.217 e. The van der Waals surface area contributed by atoms with Gasteiger partial charge >= 0.3 is 0 Å². The summed E-state index contributed by atoms with van der Waals surface area (Å²) in [5.41, 5.74) is 0. The number of rotatable bonds is 4. The molecule has 1 atom stereocenters. The van der Waals surface area contributed by atoms with Crippen LogP contribution in [-0.4, -0.2) is 49.7 Å². The van der Waals surface area contributed by atoms with Crippen molar-refractivity contribution in [2.75, 3.05) is 32.8 Å². The molecule has 0 aliphatic carbocycles. The SMILES string of the molecule is CC.CC(=O)NC(CN1CCOCC1)C(C)C. The molecule has 0 spiro atoms. The van der Waals surface area contributed by atoms with Gasteiger partial charge in [0.05, 0.1) is 13.2 Å². The van der Waals surface area contributed by atoms with E-state index < -0.39 is 0 Å². The Hall–Kier alpha value is -0.610. The van der Waals surface area contributed by atoms with Crippen molar-refractivity contribution in [3.05, 3.63) is 0 Å². The van der Waals surface area contributed by atoms with E-state index in [1.54, 1.807) is 6.92 Å². The molecule has 1 rings (SSSR count). The molecule has 0 radical (unpaired) electrons. The van der Waals surface area contributed by atoms with Crippen LogP contribution in [0.2, 0.25) is 0 Å². The maximum Gasteiger partial charge on any atom is 0.217 e. The van der Waals surface area contributed by atoms with E-state index in [1.807, 2.05) is 13.8 Å². The van der Waals surface area contributed by atoms with Crippen LogP contribution in [-0.2, 0) is 9.53 Å². The van der Waals surface area contributed by atoms with Crippen LogP contribution in [0.4, 0.5) is 0 Å². The average molecular weight is 244 g/mol. The molecule has 1 heterocycles. The van der Waals surface area contributed by atoms with Gasteiger partial charge in [-0.2, -0.15) is 0 Å². The molecule has 0 aromatic carbocycles. The van der Waals surface area contributed by atoms with Gasteiger partial charge in [-0.05, 0) is 5.92 Å². The Morgan fingerprint density at radius 1 is 1.29 bits per heavy atom. The third kappa shape index (κ3) is 7.34. The van der Waals surface area contributed by atoms with Gasteiger partial charge in [0.25, 0.3) is 0 Å². The first-order valence-corrected chi connectivity index (χ1v) is 6.67. The lowest BCUT2D eigenvalue weighted by molar-refractivity contribution is -0.120. The van der Waals surface area contributed by atoms with E-state index in [2.05, 4.69) is 24.1 Å². The summed E-state index contributed by atoms with van der Waals surface area (Å²) in [6.45, 7) is 14.4. The van der Waals surface area contributed by atoms with E-state index in [0.29, 0.717) is 5.92 Å². The monoisotopic (exact) mass is 244 g/mol. The van der Waals surface area contributed by atoms with Gasteiger partial charge in [0, 0.05) is 32.6 Å². The second-order valence-corrected chi connectivity index (χ2v) is 4.46. The minimum Gasteiger partial charge on any atom is -0.379 e. The van der Waals surface area contributed by atoms with Crippen molar-refractivity contribution in [1.82, 2.24) is 10.2 Å². The predicted octanol–water partition coefficient (Wildman–Crippen LogP) is 1.51. The maximum atomic E-state index is 11.0. The van der Waals surface area contributed by atoms with Gasteiger partial charge in [-0.25, -0.2) is 0 Å². The lowest BCUT2D eigenvalue weighted by Crippen LogP contribution is -2.49. The molecular formula is C13H28N2O2. The summed E-state index contributed by atoms with van der Waals surface area (Å²) in [5, 5.41) is 3.01. The lowest BCUT2D eigenvalue weighted by atomic mass is 10.0. The molecule has 1 unspecified atom stereocenters. The number of amides is 1. The van der Waals surface area contributed by atoms with Gasteiger partial charge in [0.15, 0.2) is 0 Å². The summed E-state index contributed by atoms with van der Waals surface area (Å²) in [6.07, 6.45) is 0. The zero-order chi connectivity index (χ0) is 13.3. The normalized spacial score (nSPS) is 18.2.